The third-order valence-electron chi connectivity index (χ3n) is 3.46. The molecular formula is C16H24N2. The molecule has 1 aromatic heterocycles. The summed E-state index contributed by atoms with van der Waals surface area (Å²) in [5, 5.41) is 4.84. The van der Waals surface area contributed by atoms with Crippen molar-refractivity contribution in [2.75, 3.05) is 13.1 Å². The van der Waals surface area contributed by atoms with Crippen molar-refractivity contribution in [3.63, 3.8) is 0 Å². The molecule has 0 atom stereocenters. The van der Waals surface area contributed by atoms with Gasteiger partial charge in [0.1, 0.15) is 0 Å². The summed E-state index contributed by atoms with van der Waals surface area (Å²) >= 11 is 0. The molecule has 2 aromatic rings. The van der Waals surface area contributed by atoms with Gasteiger partial charge in [-0.3, -0.25) is 0 Å². The second kappa shape index (κ2) is 6.60. The number of aryl methyl sites for hydroxylation is 2. The van der Waals surface area contributed by atoms with E-state index in [1.165, 1.54) is 35.7 Å². The van der Waals surface area contributed by atoms with E-state index in [1.807, 2.05) is 0 Å². The Balaban J connectivity index is 1.86. The lowest BCUT2D eigenvalue weighted by Gasteiger charge is -2.06. The lowest BCUT2D eigenvalue weighted by molar-refractivity contribution is 0.574. The summed E-state index contributed by atoms with van der Waals surface area (Å²) in [7, 11) is 0. The summed E-state index contributed by atoms with van der Waals surface area (Å²) in [6, 6.07) is 8.79. The average molecular weight is 244 g/mol. The van der Waals surface area contributed by atoms with Crippen molar-refractivity contribution in [3.05, 3.63) is 36.0 Å². The lowest BCUT2D eigenvalue weighted by Crippen LogP contribution is -2.16. The number of nitrogens with zero attached hydrogens (tertiary/aromatic N) is 1. The Labute approximate surface area is 110 Å². The molecule has 0 aliphatic heterocycles. The van der Waals surface area contributed by atoms with Gasteiger partial charge in [0.15, 0.2) is 0 Å². The number of benzene rings is 1. The maximum absolute atomic E-state index is 3.45. The number of unbranched alkanes of at least 4 members (excludes halogenated alkanes) is 1. The van der Waals surface area contributed by atoms with Crippen molar-refractivity contribution in [2.45, 2.75) is 39.7 Å². The summed E-state index contributed by atoms with van der Waals surface area (Å²) in [6.07, 6.45) is 5.94. The quantitative estimate of drug-likeness (QED) is 0.734. The highest BCUT2D eigenvalue weighted by molar-refractivity contribution is 5.83. The molecule has 2 nitrogen and oxygen atoms in total. The summed E-state index contributed by atoms with van der Waals surface area (Å²) in [5.74, 6) is 0. The molecular weight excluding hydrogens is 220 g/mol. The molecule has 0 fully saturated rings. The fraction of sp³-hybridized carbons (Fsp3) is 0.500. The SMILES string of the molecule is CCCNCCCCn1ccc2c(C)cccc21. The highest BCUT2D eigenvalue weighted by Gasteiger charge is 2.02. The van der Waals surface area contributed by atoms with Gasteiger partial charge in [-0.15, -0.1) is 0 Å². The first-order valence-corrected chi connectivity index (χ1v) is 7.08. The van der Waals surface area contributed by atoms with E-state index in [1.54, 1.807) is 0 Å². The topological polar surface area (TPSA) is 17.0 Å². The normalized spacial score (nSPS) is 11.2. The van der Waals surface area contributed by atoms with E-state index in [0.29, 0.717) is 0 Å². The number of nitrogens with one attached hydrogen (secondary N) is 1. The number of aromatic nitrogens is 1. The van der Waals surface area contributed by atoms with Gasteiger partial charge in [-0.2, -0.15) is 0 Å². The standard InChI is InChI=1S/C16H24N2/c1-3-10-17-11-4-5-12-18-13-9-15-14(2)7-6-8-16(15)18/h6-9,13,17H,3-5,10-12H2,1-2H3. The van der Waals surface area contributed by atoms with E-state index in [2.05, 4.69) is 54.2 Å². The second-order valence-electron chi connectivity index (χ2n) is 4.97. The molecule has 0 spiro atoms. The van der Waals surface area contributed by atoms with Gasteiger partial charge < -0.3 is 9.88 Å². The molecule has 0 bridgehead atoms. The highest BCUT2D eigenvalue weighted by Crippen LogP contribution is 2.19. The molecule has 18 heavy (non-hydrogen) atoms. The van der Waals surface area contributed by atoms with Gasteiger partial charge in [0.25, 0.3) is 0 Å². The number of fused-ring (bicyclic) bond motifs is 1. The molecule has 0 saturated carbocycles. The molecule has 98 valence electrons. The predicted molar refractivity (Wildman–Crippen MR) is 79.1 cm³/mol. The van der Waals surface area contributed by atoms with Crippen LogP contribution in [0.2, 0.25) is 0 Å². The van der Waals surface area contributed by atoms with Crippen LogP contribution in [-0.4, -0.2) is 17.7 Å². The Bertz CT molecular complexity index is 485. The van der Waals surface area contributed by atoms with Gasteiger partial charge in [0.2, 0.25) is 0 Å². The minimum absolute atomic E-state index is 1.13. The zero-order valence-corrected chi connectivity index (χ0v) is 11.6. The Morgan fingerprint density at radius 2 is 2.00 bits per heavy atom. The van der Waals surface area contributed by atoms with Crippen LogP contribution in [0.5, 0.6) is 0 Å². The first-order chi connectivity index (χ1) is 8.83. The Kier molecular flexibility index (Phi) is 4.82. The van der Waals surface area contributed by atoms with Gasteiger partial charge in [-0.1, -0.05) is 19.1 Å². The molecule has 0 amide bonds. The molecule has 0 saturated heterocycles. The first kappa shape index (κ1) is 13.2. The maximum atomic E-state index is 3.45. The van der Waals surface area contributed by atoms with Crippen molar-refractivity contribution < 1.29 is 0 Å². The number of hydrogen-bond acceptors (Lipinski definition) is 1. The minimum Gasteiger partial charge on any atom is -0.347 e. The van der Waals surface area contributed by atoms with Crippen LogP contribution < -0.4 is 5.32 Å². The minimum atomic E-state index is 1.13. The predicted octanol–water partition coefficient (Wildman–Crippen LogP) is 3.73. The molecule has 1 N–H and O–H groups in total. The van der Waals surface area contributed by atoms with Crippen molar-refractivity contribution >= 4 is 10.9 Å². The summed E-state index contributed by atoms with van der Waals surface area (Å²) in [4.78, 5) is 0. The van der Waals surface area contributed by atoms with Crippen LogP contribution in [0.1, 0.15) is 31.7 Å². The number of hydrogen-bond donors (Lipinski definition) is 1. The van der Waals surface area contributed by atoms with Crippen LogP contribution in [0.15, 0.2) is 30.5 Å². The van der Waals surface area contributed by atoms with E-state index in [0.717, 1.165) is 19.6 Å². The average Bonchev–Trinajstić information content (AvgIpc) is 2.79. The molecule has 2 heteroatoms. The van der Waals surface area contributed by atoms with Crippen LogP contribution in [0.25, 0.3) is 10.9 Å². The Morgan fingerprint density at radius 3 is 2.83 bits per heavy atom. The molecule has 0 aliphatic rings. The van der Waals surface area contributed by atoms with Crippen molar-refractivity contribution in [3.8, 4) is 0 Å². The smallest absolute Gasteiger partial charge is 0.0482 e. The zero-order chi connectivity index (χ0) is 12.8. The van der Waals surface area contributed by atoms with Gasteiger partial charge in [-0.05, 0) is 57.0 Å². The van der Waals surface area contributed by atoms with E-state index >= 15 is 0 Å². The largest absolute Gasteiger partial charge is 0.347 e. The molecule has 0 aliphatic carbocycles. The lowest BCUT2D eigenvalue weighted by atomic mass is 10.1. The van der Waals surface area contributed by atoms with Gasteiger partial charge in [0, 0.05) is 23.6 Å². The molecule has 0 radical (unpaired) electrons. The van der Waals surface area contributed by atoms with E-state index in [4.69, 9.17) is 0 Å². The van der Waals surface area contributed by atoms with Gasteiger partial charge in [0.05, 0.1) is 0 Å². The Hall–Kier alpha value is -1.28. The molecule has 2 rings (SSSR count). The number of rotatable bonds is 7. The van der Waals surface area contributed by atoms with Crippen LogP contribution in [0.4, 0.5) is 0 Å². The van der Waals surface area contributed by atoms with Crippen molar-refractivity contribution in [1.29, 1.82) is 0 Å². The fourth-order valence-corrected chi connectivity index (χ4v) is 2.41. The van der Waals surface area contributed by atoms with Gasteiger partial charge >= 0.3 is 0 Å². The molecule has 1 aromatic carbocycles. The van der Waals surface area contributed by atoms with Crippen LogP contribution >= 0.6 is 0 Å². The summed E-state index contributed by atoms with van der Waals surface area (Å²) in [6.45, 7) is 7.81. The summed E-state index contributed by atoms with van der Waals surface area (Å²) < 4.78 is 2.38. The third-order valence-corrected chi connectivity index (χ3v) is 3.46. The van der Waals surface area contributed by atoms with Crippen LogP contribution in [0, 0.1) is 6.92 Å². The van der Waals surface area contributed by atoms with E-state index in [-0.39, 0.29) is 0 Å². The van der Waals surface area contributed by atoms with Crippen molar-refractivity contribution in [1.82, 2.24) is 9.88 Å². The monoisotopic (exact) mass is 244 g/mol. The van der Waals surface area contributed by atoms with Gasteiger partial charge in [-0.25, -0.2) is 0 Å². The third kappa shape index (κ3) is 3.14. The Morgan fingerprint density at radius 1 is 1.11 bits per heavy atom. The molecule has 0 unspecified atom stereocenters. The summed E-state index contributed by atoms with van der Waals surface area (Å²) in [5.41, 5.74) is 2.74. The zero-order valence-electron chi connectivity index (χ0n) is 11.6. The van der Waals surface area contributed by atoms with E-state index < -0.39 is 0 Å². The fourth-order valence-electron chi connectivity index (χ4n) is 2.41. The first-order valence-electron chi connectivity index (χ1n) is 7.08. The van der Waals surface area contributed by atoms with E-state index in [9.17, 15) is 0 Å². The highest BCUT2D eigenvalue weighted by atomic mass is 14.9. The van der Waals surface area contributed by atoms with Crippen LogP contribution in [-0.2, 0) is 6.54 Å². The van der Waals surface area contributed by atoms with Crippen molar-refractivity contribution in [2.24, 2.45) is 0 Å². The van der Waals surface area contributed by atoms with Crippen LogP contribution in [0.3, 0.4) is 0 Å². The second-order valence-corrected chi connectivity index (χ2v) is 4.97. The molecule has 1 heterocycles. The maximum Gasteiger partial charge on any atom is 0.0482 e.